The van der Waals surface area contributed by atoms with Gasteiger partial charge in [0.1, 0.15) is 0 Å². The number of carbonyl (C=O) groups excluding carboxylic acids is 1. The van der Waals surface area contributed by atoms with Gasteiger partial charge in [0.15, 0.2) is 5.82 Å². The van der Waals surface area contributed by atoms with Crippen LogP contribution >= 0.6 is 22.9 Å². The first kappa shape index (κ1) is 26.9. The van der Waals surface area contributed by atoms with Gasteiger partial charge in [0.05, 0.1) is 34.9 Å². The Bertz CT molecular complexity index is 1590. The van der Waals surface area contributed by atoms with E-state index in [1.165, 1.54) is 11.1 Å². The molecule has 4 heterocycles. The molecule has 1 saturated heterocycles. The fourth-order valence-electron chi connectivity index (χ4n) is 5.62. The second kappa shape index (κ2) is 11.3. The van der Waals surface area contributed by atoms with Crippen LogP contribution < -0.4 is 9.80 Å². The smallest absolute Gasteiger partial charge is 0.224 e. The fraction of sp³-hybridized carbons (Fsp3) is 0.355. The van der Waals surface area contributed by atoms with Crippen molar-refractivity contribution in [3.63, 3.8) is 0 Å². The molecule has 0 N–H and O–H groups in total. The van der Waals surface area contributed by atoms with Crippen molar-refractivity contribution >= 4 is 56.8 Å². The van der Waals surface area contributed by atoms with Crippen LogP contribution in [0.3, 0.4) is 0 Å². The van der Waals surface area contributed by atoms with Crippen molar-refractivity contribution in [2.75, 3.05) is 36.1 Å². The number of thiophene rings is 1. The van der Waals surface area contributed by atoms with Crippen LogP contribution in [-0.2, 0) is 22.5 Å². The molecule has 4 aromatic rings. The highest BCUT2D eigenvalue weighted by Crippen LogP contribution is 2.36. The van der Waals surface area contributed by atoms with Gasteiger partial charge in [-0.2, -0.15) is 4.98 Å². The summed E-state index contributed by atoms with van der Waals surface area (Å²) in [4.78, 5) is 31.2. The van der Waals surface area contributed by atoms with E-state index in [1.807, 2.05) is 11.1 Å². The number of aliphatic imine (C=N–C) groups is 1. The summed E-state index contributed by atoms with van der Waals surface area (Å²) >= 11 is 7.96. The predicted molar refractivity (Wildman–Crippen MR) is 164 cm³/mol. The van der Waals surface area contributed by atoms with E-state index >= 15 is 0 Å². The Morgan fingerprint density at radius 3 is 2.65 bits per heavy atom. The molecular formula is C31H32ClN5O2S. The van der Waals surface area contributed by atoms with Crippen molar-refractivity contribution in [3.05, 3.63) is 69.3 Å². The zero-order chi connectivity index (χ0) is 27.8. The SMILES string of the molecule is CC(=O)N1c2ccc(-c3ccc(CN=Cc4sc5c(N6CCOCC6)nc(Cl)nc5c4C)cc3)cc2CC[C@@H]1C. The molecular weight excluding hydrogens is 542 g/mol. The molecule has 206 valence electrons. The maximum atomic E-state index is 12.2. The number of ether oxygens (including phenoxy) is 1. The lowest BCUT2D eigenvalue weighted by molar-refractivity contribution is -0.117. The summed E-state index contributed by atoms with van der Waals surface area (Å²) in [5.74, 6) is 0.985. The number of anilines is 2. The Labute approximate surface area is 243 Å². The van der Waals surface area contributed by atoms with Crippen molar-refractivity contribution in [3.8, 4) is 11.1 Å². The number of aryl methyl sites for hydroxylation is 2. The largest absolute Gasteiger partial charge is 0.378 e. The number of hydrogen-bond donors (Lipinski definition) is 0. The maximum absolute atomic E-state index is 12.2. The Kier molecular flexibility index (Phi) is 7.57. The summed E-state index contributed by atoms with van der Waals surface area (Å²) < 4.78 is 6.55. The molecule has 0 bridgehead atoms. The summed E-state index contributed by atoms with van der Waals surface area (Å²) in [5, 5.41) is 0.267. The summed E-state index contributed by atoms with van der Waals surface area (Å²) in [5.41, 5.74) is 7.72. The number of fused-ring (bicyclic) bond motifs is 2. The van der Waals surface area contributed by atoms with E-state index in [2.05, 4.69) is 71.2 Å². The van der Waals surface area contributed by atoms with Crippen LogP contribution in [0.25, 0.3) is 21.3 Å². The number of carbonyl (C=O) groups is 1. The summed E-state index contributed by atoms with van der Waals surface area (Å²) in [6, 6.07) is 15.2. The fourth-order valence-corrected chi connectivity index (χ4v) is 6.95. The van der Waals surface area contributed by atoms with Gasteiger partial charge in [-0.15, -0.1) is 11.3 Å². The molecule has 0 spiro atoms. The van der Waals surface area contributed by atoms with Crippen molar-refractivity contribution in [1.29, 1.82) is 0 Å². The van der Waals surface area contributed by atoms with Crippen LogP contribution in [0.2, 0.25) is 5.28 Å². The van der Waals surface area contributed by atoms with Crippen LogP contribution in [0.5, 0.6) is 0 Å². The predicted octanol–water partition coefficient (Wildman–Crippen LogP) is 6.46. The summed E-state index contributed by atoms with van der Waals surface area (Å²) in [6.07, 6.45) is 3.92. The Morgan fingerprint density at radius 1 is 1.15 bits per heavy atom. The first-order valence-corrected chi connectivity index (χ1v) is 14.9. The molecule has 7 nitrogen and oxygen atoms in total. The lowest BCUT2D eigenvalue weighted by Crippen LogP contribution is -2.40. The minimum atomic E-state index is 0.103. The Morgan fingerprint density at radius 2 is 1.90 bits per heavy atom. The lowest BCUT2D eigenvalue weighted by atomic mass is 9.93. The molecule has 0 unspecified atom stereocenters. The highest BCUT2D eigenvalue weighted by molar-refractivity contribution is 7.21. The van der Waals surface area contributed by atoms with Crippen molar-refractivity contribution in [2.24, 2.45) is 4.99 Å². The molecule has 2 aromatic heterocycles. The molecule has 9 heteroatoms. The van der Waals surface area contributed by atoms with Crippen molar-refractivity contribution in [2.45, 2.75) is 46.2 Å². The normalized spacial score (nSPS) is 17.6. The molecule has 1 amide bonds. The second-order valence-electron chi connectivity index (χ2n) is 10.5. The first-order valence-electron chi connectivity index (χ1n) is 13.7. The number of hydrogen-bond acceptors (Lipinski definition) is 7. The average molecular weight is 574 g/mol. The van der Waals surface area contributed by atoms with Gasteiger partial charge in [0.2, 0.25) is 11.2 Å². The standard InChI is InChI=1S/C31H32ClN5O2S/c1-19-4-7-25-16-24(10-11-26(25)37(19)21(3)38)23-8-5-22(6-9-23)17-33-18-27-20(2)28-29(40-27)30(35-31(32)34-28)36-12-14-39-15-13-36/h5-6,8-11,16,18-19H,4,7,12-15,17H2,1-3H3/t19-/m0/s1. The molecule has 0 saturated carbocycles. The van der Waals surface area contributed by atoms with Gasteiger partial charge in [-0.1, -0.05) is 30.3 Å². The summed E-state index contributed by atoms with van der Waals surface area (Å²) in [7, 11) is 0. The van der Waals surface area contributed by atoms with Crippen LogP contribution in [0, 0.1) is 6.92 Å². The van der Waals surface area contributed by atoms with Crippen LogP contribution in [0.4, 0.5) is 11.5 Å². The zero-order valence-corrected chi connectivity index (χ0v) is 24.6. The number of halogens is 1. The van der Waals surface area contributed by atoms with Crippen LogP contribution in [-0.4, -0.2) is 54.4 Å². The van der Waals surface area contributed by atoms with Gasteiger partial charge < -0.3 is 14.5 Å². The molecule has 1 fully saturated rings. The molecule has 0 radical (unpaired) electrons. The van der Waals surface area contributed by atoms with E-state index in [4.69, 9.17) is 21.3 Å². The number of nitrogens with zero attached hydrogens (tertiary/aromatic N) is 5. The van der Waals surface area contributed by atoms with E-state index < -0.39 is 0 Å². The van der Waals surface area contributed by atoms with Gasteiger partial charge in [-0.25, -0.2) is 4.98 Å². The number of morpholine rings is 1. The lowest BCUT2D eigenvalue weighted by Gasteiger charge is -2.34. The first-order chi connectivity index (χ1) is 19.4. The number of amides is 1. The van der Waals surface area contributed by atoms with Crippen LogP contribution in [0.15, 0.2) is 47.5 Å². The van der Waals surface area contributed by atoms with Gasteiger partial charge >= 0.3 is 0 Å². The molecule has 0 aliphatic carbocycles. The van der Waals surface area contributed by atoms with Gasteiger partial charge in [-0.3, -0.25) is 9.79 Å². The summed E-state index contributed by atoms with van der Waals surface area (Å²) in [6.45, 7) is 9.38. The minimum absolute atomic E-state index is 0.103. The molecule has 2 aliphatic rings. The third kappa shape index (κ3) is 5.23. The zero-order valence-electron chi connectivity index (χ0n) is 23.0. The number of aromatic nitrogens is 2. The van der Waals surface area contributed by atoms with Crippen molar-refractivity contribution in [1.82, 2.24) is 9.97 Å². The maximum Gasteiger partial charge on any atom is 0.224 e. The van der Waals surface area contributed by atoms with Crippen molar-refractivity contribution < 1.29 is 9.53 Å². The second-order valence-corrected chi connectivity index (χ2v) is 11.9. The van der Waals surface area contributed by atoms with Crippen LogP contribution in [0.1, 0.15) is 41.8 Å². The Balaban J connectivity index is 1.18. The van der Waals surface area contributed by atoms with E-state index in [0.29, 0.717) is 19.8 Å². The third-order valence-corrected chi connectivity index (χ3v) is 9.17. The van der Waals surface area contributed by atoms with E-state index in [1.54, 1.807) is 18.3 Å². The molecule has 2 aromatic carbocycles. The number of rotatable bonds is 5. The molecule has 40 heavy (non-hydrogen) atoms. The Hall–Kier alpha value is -3.33. The average Bonchev–Trinajstić information content (AvgIpc) is 3.27. The van der Waals surface area contributed by atoms with Gasteiger partial charge in [-0.05, 0) is 78.2 Å². The molecule has 6 rings (SSSR count). The van der Waals surface area contributed by atoms with E-state index in [9.17, 15) is 4.79 Å². The minimum Gasteiger partial charge on any atom is -0.378 e. The van der Waals surface area contributed by atoms with E-state index in [-0.39, 0.29) is 17.2 Å². The third-order valence-electron chi connectivity index (χ3n) is 7.79. The molecule has 1 atom stereocenters. The highest BCUT2D eigenvalue weighted by atomic mass is 35.5. The number of benzene rings is 2. The van der Waals surface area contributed by atoms with E-state index in [0.717, 1.165) is 69.2 Å². The highest BCUT2D eigenvalue weighted by Gasteiger charge is 2.26. The quantitative estimate of drug-likeness (QED) is 0.202. The monoisotopic (exact) mass is 573 g/mol. The van der Waals surface area contributed by atoms with Gasteiger partial charge in [0.25, 0.3) is 0 Å². The molecule has 2 aliphatic heterocycles. The topological polar surface area (TPSA) is 70.9 Å². The van der Waals surface area contributed by atoms with Gasteiger partial charge in [0, 0.05) is 38.0 Å².